The van der Waals surface area contributed by atoms with Gasteiger partial charge in [0, 0.05) is 50.5 Å². The zero-order valence-electron chi connectivity index (χ0n) is 16.1. The number of ether oxygens (including phenoxy) is 1. The predicted molar refractivity (Wildman–Crippen MR) is 113 cm³/mol. The summed E-state index contributed by atoms with van der Waals surface area (Å²) in [6.07, 6.45) is 0. The molecule has 1 N–H and O–H groups in total. The average molecular weight is 424 g/mol. The summed E-state index contributed by atoms with van der Waals surface area (Å²) < 4.78 is 33.6. The summed E-state index contributed by atoms with van der Waals surface area (Å²) in [7, 11) is 0.374. The van der Waals surface area contributed by atoms with E-state index in [9.17, 15) is 8.42 Å². The summed E-state index contributed by atoms with van der Waals surface area (Å²) in [6, 6.07) is 14.3. The summed E-state index contributed by atoms with van der Waals surface area (Å²) in [5.74, 6) is 0. The van der Waals surface area contributed by atoms with Gasteiger partial charge in [0.1, 0.15) is 0 Å². The quantitative estimate of drug-likeness (QED) is 0.742. The molecule has 2 aromatic rings. The first-order valence-corrected chi connectivity index (χ1v) is 11.1. The fourth-order valence-corrected chi connectivity index (χ4v) is 4.39. The molecule has 1 saturated heterocycles. The molecule has 28 heavy (non-hydrogen) atoms. The van der Waals surface area contributed by atoms with Crippen molar-refractivity contribution in [1.82, 2.24) is 9.62 Å². The number of hydrogen-bond donors (Lipinski definition) is 1. The number of nitrogens with one attached hydrogen (secondary N) is 1. The smallest absolute Gasteiger partial charge is 0.240 e. The minimum absolute atomic E-state index is 0.0674. The number of benzene rings is 2. The van der Waals surface area contributed by atoms with Crippen LogP contribution in [0.5, 0.6) is 0 Å². The zero-order chi connectivity index (χ0) is 20.1. The van der Waals surface area contributed by atoms with Gasteiger partial charge in [0.25, 0.3) is 0 Å². The van der Waals surface area contributed by atoms with Crippen LogP contribution in [0.15, 0.2) is 53.4 Å². The topological polar surface area (TPSA) is 61.9 Å². The molecule has 0 saturated carbocycles. The number of nitrogens with zero attached hydrogens (tertiary/aromatic N) is 2. The first-order chi connectivity index (χ1) is 13.4. The lowest BCUT2D eigenvalue weighted by Gasteiger charge is -2.35. The fraction of sp³-hybridized carbons (Fsp3) is 0.400. The molecule has 1 unspecified atom stereocenters. The fourth-order valence-electron chi connectivity index (χ4n) is 3.23. The molecule has 0 aliphatic carbocycles. The van der Waals surface area contributed by atoms with Crippen molar-refractivity contribution in [3.63, 3.8) is 0 Å². The lowest BCUT2D eigenvalue weighted by atomic mass is 10.0. The van der Waals surface area contributed by atoms with Crippen molar-refractivity contribution in [2.24, 2.45) is 0 Å². The molecule has 0 spiro atoms. The molecule has 1 aliphatic rings. The number of anilines is 1. The van der Waals surface area contributed by atoms with E-state index < -0.39 is 10.0 Å². The van der Waals surface area contributed by atoms with Crippen molar-refractivity contribution in [3.05, 3.63) is 59.1 Å². The third-order valence-corrected chi connectivity index (χ3v) is 6.56. The number of hydrogen-bond acceptors (Lipinski definition) is 5. The van der Waals surface area contributed by atoms with Crippen molar-refractivity contribution in [3.8, 4) is 0 Å². The molecule has 1 heterocycles. The Hall–Kier alpha value is -1.64. The molecule has 0 radical (unpaired) electrons. The zero-order valence-corrected chi connectivity index (χ0v) is 17.7. The van der Waals surface area contributed by atoms with Crippen molar-refractivity contribution in [1.29, 1.82) is 0 Å². The number of halogens is 1. The highest BCUT2D eigenvalue weighted by Crippen LogP contribution is 2.24. The molecule has 3 rings (SSSR count). The first kappa shape index (κ1) is 21.1. The highest BCUT2D eigenvalue weighted by Gasteiger charge is 2.25. The van der Waals surface area contributed by atoms with Crippen LogP contribution in [-0.4, -0.2) is 60.3 Å². The minimum atomic E-state index is -3.62. The van der Waals surface area contributed by atoms with Crippen LogP contribution >= 0.6 is 11.6 Å². The Morgan fingerprint density at radius 1 is 1.07 bits per heavy atom. The molecular formula is C20H26ClN3O3S. The van der Waals surface area contributed by atoms with Crippen LogP contribution in [0.4, 0.5) is 5.69 Å². The van der Waals surface area contributed by atoms with Gasteiger partial charge in [-0.25, -0.2) is 13.1 Å². The van der Waals surface area contributed by atoms with Gasteiger partial charge in [-0.3, -0.25) is 4.90 Å². The lowest BCUT2D eigenvalue weighted by Crippen LogP contribution is -2.43. The van der Waals surface area contributed by atoms with E-state index in [4.69, 9.17) is 16.3 Å². The largest absolute Gasteiger partial charge is 0.379 e. The third kappa shape index (κ3) is 5.24. The molecule has 6 nitrogen and oxygen atoms in total. The van der Waals surface area contributed by atoms with Gasteiger partial charge in [-0.15, -0.1) is 0 Å². The maximum atomic E-state index is 12.7. The molecule has 0 bridgehead atoms. The Bertz CT molecular complexity index is 865. The minimum Gasteiger partial charge on any atom is -0.379 e. The van der Waals surface area contributed by atoms with Crippen LogP contribution in [0, 0.1) is 0 Å². The van der Waals surface area contributed by atoms with E-state index in [1.54, 1.807) is 12.1 Å². The summed E-state index contributed by atoms with van der Waals surface area (Å²) >= 11 is 5.87. The van der Waals surface area contributed by atoms with Crippen LogP contribution in [-0.2, 0) is 14.8 Å². The molecule has 1 atom stereocenters. The molecule has 0 amide bonds. The first-order valence-electron chi connectivity index (χ1n) is 9.21. The Morgan fingerprint density at radius 3 is 2.25 bits per heavy atom. The molecule has 1 aliphatic heterocycles. The summed E-state index contributed by atoms with van der Waals surface area (Å²) in [4.78, 5) is 4.51. The van der Waals surface area contributed by atoms with Crippen LogP contribution in [0.3, 0.4) is 0 Å². The molecular weight excluding hydrogens is 398 g/mol. The van der Waals surface area contributed by atoms with E-state index in [-0.39, 0.29) is 17.5 Å². The molecule has 152 valence electrons. The molecule has 1 fully saturated rings. The van der Waals surface area contributed by atoms with Gasteiger partial charge in [0.05, 0.1) is 18.1 Å². The maximum absolute atomic E-state index is 12.7. The second-order valence-corrected chi connectivity index (χ2v) is 9.16. The van der Waals surface area contributed by atoms with Gasteiger partial charge < -0.3 is 9.64 Å². The standard InChI is InChI=1S/C20H26ClN3O3S/c1-23(2)18-7-3-16(4-8-18)20(24-11-13-27-14-12-24)15-22-28(25,26)19-9-5-17(21)6-10-19/h3-10,20,22H,11-15H2,1-2H3. The highest BCUT2D eigenvalue weighted by atomic mass is 35.5. The summed E-state index contributed by atoms with van der Waals surface area (Å²) in [5.41, 5.74) is 2.18. The van der Waals surface area contributed by atoms with Crippen molar-refractivity contribution in [2.45, 2.75) is 10.9 Å². The molecule has 2 aromatic carbocycles. The lowest BCUT2D eigenvalue weighted by molar-refractivity contribution is 0.0172. The van der Waals surface area contributed by atoms with Gasteiger partial charge in [0.15, 0.2) is 0 Å². The highest BCUT2D eigenvalue weighted by molar-refractivity contribution is 7.89. The van der Waals surface area contributed by atoms with E-state index in [1.165, 1.54) is 12.1 Å². The van der Waals surface area contributed by atoms with Crippen molar-refractivity contribution < 1.29 is 13.2 Å². The Balaban J connectivity index is 1.79. The van der Waals surface area contributed by atoms with E-state index in [1.807, 2.05) is 19.0 Å². The second-order valence-electron chi connectivity index (χ2n) is 6.96. The average Bonchev–Trinajstić information content (AvgIpc) is 2.69. The van der Waals surface area contributed by atoms with Crippen LogP contribution in [0.25, 0.3) is 0 Å². The van der Waals surface area contributed by atoms with Gasteiger partial charge in [-0.2, -0.15) is 0 Å². The normalized spacial score (nSPS) is 16.7. The van der Waals surface area contributed by atoms with Crippen LogP contribution in [0.2, 0.25) is 5.02 Å². The predicted octanol–water partition coefficient (Wildman–Crippen LogP) is 2.76. The monoisotopic (exact) mass is 423 g/mol. The van der Waals surface area contributed by atoms with Gasteiger partial charge in [-0.1, -0.05) is 23.7 Å². The van der Waals surface area contributed by atoms with Crippen molar-refractivity contribution >= 4 is 27.3 Å². The maximum Gasteiger partial charge on any atom is 0.240 e. The second kappa shape index (κ2) is 9.24. The van der Waals surface area contributed by atoms with E-state index >= 15 is 0 Å². The van der Waals surface area contributed by atoms with E-state index in [0.717, 1.165) is 24.3 Å². The SMILES string of the molecule is CN(C)c1ccc(C(CNS(=O)(=O)c2ccc(Cl)cc2)N2CCOCC2)cc1. The van der Waals surface area contributed by atoms with E-state index in [0.29, 0.717) is 18.2 Å². The Kier molecular flexibility index (Phi) is 6.95. The van der Waals surface area contributed by atoms with Gasteiger partial charge in [0.2, 0.25) is 10.0 Å². The molecule has 0 aromatic heterocycles. The third-order valence-electron chi connectivity index (χ3n) is 4.87. The van der Waals surface area contributed by atoms with E-state index in [2.05, 4.69) is 33.9 Å². The Morgan fingerprint density at radius 2 is 1.68 bits per heavy atom. The van der Waals surface area contributed by atoms with Crippen LogP contribution < -0.4 is 9.62 Å². The summed E-state index contributed by atoms with van der Waals surface area (Å²) in [5, 5.41) is 0.506. The van der Waals surface area contributed by atoms with Gasteiger partial charge >= 0.3 is 0 Å². The number of sulfonamides is 1. The number of rotatable bonds is 7. The van der Waals surface area contributed by atoms with Crippen LogP contribution in [0.1, 0.15) is 11.6 Å². The summed E-state index contributed by atoms with van der Waals surface area (Å²) in [6.45, 7) is 3.12. The molecule has 8 heteroatoms. The Labute approximate surface area is 172 Å². The van der Waals surface area contributed by atoms with Gasteiger partial charge in [-0.05, 0) is 42.0 Å². The van der Waals surface area contributed by atoms with Crippen molar-refractivity contribution in [2.75, 3.05) is 51.8 Å². The number of morpholine rings is 1.